The number of para-hydroxylation sites is 1. The molecule has 0 radical (unpaired) electrons. The number of carbonyl (C=O) groups excluding carboxylic acids is 1. The Hall–Kier alpha value is -2.86. The van der Waals surface area contributed by atoms with Gasteiger partial charge in [0.1, 0.15) is 5.69 Å². The molecule has 7 heteroatoms. The maximum Gasteiger partial charge on any atom is 0.321 e. The maximum absolute atomic E-state index is 12.5. The molecule has 1 atom stereocenters. The molecule has 1 aliphatic heterocycles. The number of amides is 2. The molecule has 3 aromatic rings. The van der Waals surface area contributed by atoms with Crippen molar-refractivity contribution in [1.82, 2.24) is 19.9 Å². The molecule has 0 spiro atoms. The fourth-order valence-corrected chi connectivity index (χ4v) is 3.28. The zero-order valence-electron chi connectivity index (χ0n) is 14.0. The first-order chi connectivity index (χ1) is 12.7. The van der Waals surface area contributed by atoms with Crippen LogP contribution in [0.25, 0.3) is 11.3 Å². The predicted molar refractivity (Wildman–Crippen MR) is 101 cm³/mol. The number of urea groups is 1. The third-order valence-corrected chi connectivity index (χ3v) is 4.85. The molecule has 26 heavy (non-hydrogen) atoms. The summed E-state index contributed by atoms with van der Waals surface area (Å²) in [5, 5.41) is 11.9. The SMILES string of the molecule is O=C(Nc1ccccc1Cl)N1CCC(n2cc(-c3ccccc3)nn2)C1. The summed E-state index contributed by atoms with van der Waals surface area (Å²) in [6.45, 7) is 1.26. The van der Waals surface area contributed by atoms with Gasteiger partial charge in [0.15, 0.2) is 0 Å². The highest BCUT2D eigenvalue weighted by molar-refractivity contribution is 6.33. The van der Waals surface area contributed by atoms with E-state index in [-0.39, 0.29) is 12.1 Å². The van der Waals surface area contributed by atoms with E-state index in [1.54, 1.807) is 17.0 Å². The Kier molecular flexibility index (Phi) is 4.58. The molecule has 4 rings (SSSR count). The lowest BCUT2D eigenvalue weighted by Gasteiger charge is -2.17. The summed E-state index contributed by atoms with van der Waals surface area (Å²) in [5.74, 6) is 0. The van der Waals surface area contributed by atoms with E-state index in [0.717, 1.165) is 17.7 Å². The van der Waals surface area contributed by atoms with Gasteiger partial charge in [0.2, 0.25) is 0 Å². The van der Waals surface area contributed by atoms with Gasteiger partial charge in [0.05, 0.1) is 22.9 Å². The predicted octanol–water partition coefficient (Wildman–Crippen LogP) is 4.08. The van der Waals surface area contributed by atoms with Gasteiger partial charge in [-0.1, -0.05) is 59.3 Å². The molecule has 1 unspecified atom stereocenters. The van der Waals surface area contributed by atoms with Gasteiger partial charge in [0.25, 0.3) is 0 Å². The van der Waals surface area contributed by atoms with E-state index < -0.39 is 0 Å². The van der Waals surface area contributed by atoms with Crippen molar-refractivity contribution in [2.75, 3.05) is 18.4 Å². The number of rotatable bonds is 3. The van der Waals surface area contributed by atoms with E-state index in [0.29, 0.717) is 23.8 Å². The summed E-state index contributed by atoms with van der Waals surface area (Å²) in [5.41, 5.74) is 2.49. The van der Waals surface area contributed by atoms with Crippen molar-refractivity contribution in [3.63, 3.8) is 0 Å². The van der Waals surface area contributed by atoms with Crippen molar-refractivity contribution in [3.05, 3.63) is 65.8 Å². The summed E-state index contributed by atoms with van der Waals surface area (Å²) < 4.78 is 1.85. The number of hydrogen-bond donors (Lipinski definition) is 1. The molecule has 2 heterocycles. The lowest BCUT2D eigenvalue weighted by Crippen LogP contribution is -2.33. The van der Waals surface area contributed by atoms with Crippen LogP contribution in [0.5, 0.6) is 0 Å². The zero-order chi connectivity index (χ0) is 17.9. The Morgan fingerprint density at radius 1 is 1.12 bits per heavy atom. The topological polar surface area (TPSA) is 63.1 Å². The smallest absolute Gasteiger partial charge is 0.321 e. The lowest BCUT2D eigenvalue weighted by atomic mass is 10.2. The Bertz CT molecular complexity index is 911. The van der Waals surface area contributed by atoms with E-state index in [1.165, 1.54) is 0 Å². The van der Waals surface area contributed by atoms with Crippen LogP contribution in [0.3, 0.4) is 0 Å². The highest BCUT2D eigenvalue weighted by Gasteiger charge is 2.28. The number of carbonyl (C=O) groups is 1. The Morgan fingerprint density at radius 2 is 1.88 bits per heavy atom. The highest BCUT2D eigenvalue weighted by atomic mass is 35.5. The highest BCUT2D eigenvalue weighted by Crippen LogP contribution is 2.25. The molecule has 1 saturated heterocycles. The first kappa shape index (κ1) is 16.6. The molecule has 1 aromatic heterocycles. The van der Waals surface area contributed by atoms with Crippen molar-refractivity contribution >= 4 is 23.3 Å². The summed E-state index contributed by atoms with van der Waals surface area (Å²) in [4.78, 5) is 14.3. The van der Waals surface area contributed by atoms with Crippen LogP contribution in [0, 0.1) is 0 Å². The number of halogens is 1. The van der Waals surface area contributed by atoms with E-state index in [1.807, 2.05) is 53.3 Å². The number of anilines is 1. The standard InChI is InChI=1S/C19H18ClN5O/c20-16-8-4-5-9-17(16)21-19(26)24-11-10-15(12-24)25-13-18(22-23-25)14-6-2-1-3-7-14/h1-9,13,15H,10-12H2,(H,21,26). The van der Waals surface area contributed by atoms with Crippen LogP contribution >= 0.6 is 11.6 Å². The fraction of sp³-hybridized carbons (Fsp3) is 0.211. The van der Waals surface area contributed by atoms with Crippen LogP contribution in [0.2, 0.25) is 5.02 Å². The summed E-state index contributed by atoms with van der Waals surface area (Å²) in [6.07, 6.45) is 2.78. The van der Waals surface area contributed by atoms with Gasteiger partial charge >= 0.3 is 6.03 Å². The average molecular weight is 368 g/mol. The summed E-state index contributed by atoms with van der Waals surface area (Å²) in [7, 11) is 0. The third kappa shape index (κ3) is 3.41. The third-order valence-electron chi connectivity index (χ3n) is 4.52. The van der Waals surface area contributed by atoms with Crippen LogP contribution in [0.1, 0.15) is 12.5 Å². The molecule has 2 aromatic carbocycles. The summed E-state index contributed by atoms with van der Waals surface area (Å²) >= 11 is 6.10. The van der Waals surface area contributed by atoms with Gasteiger partial charge in [0, 0.05) is 18.7 Å². The van der Waals surface area contributed by atoms with E-state index in [2.05, 4.69) is 15.6 Å². The van der Waals surface area contributed by atoms with Crippen molar-refractivity contribution in [2.45, 2.75) is 12.5 Å². The van der Waals surface area contributed by atoms with Crippen molar-refractivity contribution in [3.8, 4) is 11.3 Å². The fourth-order valence-electron chi connectivity index (χ4n) is 3.10. The second-order valence-corrected chi connectivity index (χ2v) is 6.66. The van der Waals surface area contributed by atoms with Crippen LogP contribution < -0.4 is 5.32 Å². The lowest BCUT2D eigenvalue weighted by molar-refractivity contribution is 0.220. The minimum Gasteiger partial charge on any atom is -0.322 e. The molecule has 0 bridgehead atoms. The van der Waals surface area contributed by atoms with Gasteiger partial charge < -0.3 is 10.2 Å². The number of likely N-dealkylation sites (tertiary alicyclic amines) is 1. The van der Waals surface area contributed by atoms with Crippen LogP contribution in [-0.4, -0.2) is 39.0 Å². The van der Waals surface area contributed by atoms with Crippen LogP contribution in [-0.2, 0) is 0 Å². The van der Waals surface area contributed by atoms with Crippen LogP contribution in [0.15, 0.2) is 60.8 Å². The maximum atomic E-state index is 12.5. The molecule has 1 aliphatic rings. The Balaban J connectivity index is 1.42. The second-order valence-electron chi connectivity index (χ2n) is 6.25. The normalized spacial score (nSPS) is 16.7. The molecular formula is C19H18ClN5O. The quantitative estimate of drug-likeness (QED) is 0.758. The van der Waals surface area contributed by atoms with Gasteiger partial charge in [-0.2, -0.15) is 0 Å². The van der Waals surface area contributed by atoms with E-state index in [4.69, 9.17) is 11.6 Å². The molecule has 1 fully saturated rings. The first-order valence-corrected chi connectivity index (χ1v) is 8.86. The molecule has 0 saturated carbocycles. The number of benzene rings is 2. The van der Waals surface area contributed by atoms with Crippen molar-refractivity contribution in [2.24, 2.45) is 0 Å². The first-order valence-electron chi connectivity index (χ1n) is 8.48. The monoisotopic (exact) mass is 367 g/mol. The molecule has 0 aliphatic carbocycles. The molecule has 1 N–H and O–H groups in total. The molecular weight excluding hydrogens is 350 g/mol. The van der Waals surface area contributed by atoms with Gasteiger partial charge in [-0.15, -0.1) is 5.10 Å². The van der Waals surface area contributed by atoms with Crippen molar-refractivity contribution < 1.29 is 4.79 Å². The molecule has 2 amide bonds. The van der Waals surface area contributed by atoms with E-state index in [9.17, 15) is 4.79 Å². The van der Waals surface area contributed by atoms with Crippen LogP contribution in [0.4, 0.5) is 10.5 Å². The number of nitrogens with one attached hydrogen (secondary N) is 1. The largest absolute Gasteiger partial charge is 0.322 e. The summed E-state index contributed by atoms with van der Waals surface area (Å²) in [6, 6.07) is 17.1. The Morgan fingerprint density at radius 3 is 2.69 bits per heavy atom. The minimum atomic E-state index is -0.149. The van der Waals surface area contributed by atoms with Crippen molar-refractivity contribution in [1.29, 1.82) is 0 Å². The number of nitrogens with zero attached hydrogens (tertiary/aromatic N) is 4. The average Bonchev–Trinajstić information content (AvgIpc) is 3.34. The van der Waals surface area contributed by atoms with E-state index >= 15 is 0 Å². The number of hydrogen-bond acceptors (Lipinski definition) is 3. The number of aromatic nitrogens is 3. The minimum absolute atomic E-state index is 0.122. The van der Waals surface area contributed by atoms with Gasteiger partial charge in [-0.25, -0.2) is 9.48 Å². The van der Waals surface area contributed by atoms with Gasteiger partial charge in [-0.3, -0.25) is 0 Å². The molecule has 6 nitrogen and oxygen atoms in total. The zero-order valence-corrected chi connectivity index (χ0v) is 14.8. The van der Waals surface area contributed by atoms with Gasteiger partial charge in [-0.05, 0) is 18.6 Å². The molecule has 132 valence electrons. The Labute approximate surface area is 156 Å². The second kappa shape index (κ2) is 7.17.